The van der Waals surface area contributed by atoms with Crippen LogP contribution in [0.3, 0.4) is 0 Å². The SMILES string of the molecule is CCOc1ccccc1C=CC(=O)Nc1ccc(Cl)c([N+](=O)[O-])c1. The summed E-state index contributed by atoms with van der Waals surface area (Å²) >= 11 is 5.73. The number of halogens is 1. The molecule has 1 N–H and O–H groups in total. The molecule has 7 heteroatoms. The Morgan fingerprint density at radius 2 is 2.08 bits per heavy atom. The fraction of sp³-hybridized carbons (Fsp3) is 0.118. The minimum Gasteiger partial charge on any atom is -0.493 e. The number of benzene rings is 2. The number of hydrogen-bond acceptors (Lipinski definition) is 4. The van der Waals surface area contributed by atoms with Gasteiger partial charge in [0.25, 0.3) is 5.69 Å². The molecule has 0 radical (unpaired) electrons. The van der Waals surface area contributed by atoms with E-state index in [1.165, 1.54) is 24.3 Å². The summed E-state index contributed by atoms with van der Waals surface area (Å²) in [4.78, 5) is 22.2. The van der Waals surface area contributed by atoms with Crippen molar-refractivity contribution >= 4 is 35.0 Å². The molecule has 0 spiro atoms. The van der Waals surface area contributed by atoms with Crippen LogP contribution in [0.2, 0.25) is 5.02 Å². The number of rotatable bonds is 6. The highest BCUT2D eigenvalue weighted by atomic mass is 35.5. The molecule has 124 valence electrons. The first kappa shape index (κ1) is 17.5. The Bertz CT molecular complexity index is 790. The van der Waals surface area contributed by atoms with E-state index in [4.69, 9.17) is 16.3 Å². The van der Waals surface area contributed by atoms with Gasteiger partial charge in [0.15, 0.2) is 0 Å². The van der Waals surface area contributed by atoms with Gasteiger partial charge < -0.3 is 10.1 Å². The van der Waals surface area contributed by atoms with Gasteiger partial charge in [-0.05, 0) is 31.2 Å². The summed E-state index contributed by atoms with van der Waals surface area (Å²) in [6, 6.07) is 11.4. The number of amides is 1. The molecule has 2 rings (SSSR count). The Morgan fingerprint density at radius 1 is 1.33 bits per heavy atom. The normalized spacial score (nSPS) is 10.6. The van der Waals surface area contributed by atoms with E-state index in [0.29, 0.717) is 18.0 Å². The van der Waals surface area contributed by atoms with Crippen molar-refractivity contribution in [2.24, 2.45) is 0 Å². The molecule has 0 bridgehead atoms. The highest BCUT2D eigenvalue weighted by Gasteiger charge is 2.13. The minimum atomic E-state index is -0.605. The van der Waals surface area contributed by atoms with E-state index in [2.05, 4.69) is 5.32 Å². The van der Waals surface area contributed by atoms with Crippen LogP contribution in [-0.2, 0) is 4.79 Å². The quantitative estimate of drug-likeness (QED) is 0.480. The van der Waals surface area contributed by atoms with E-state index < -0.39 is 10.8 Å². The number of ether oxygens (including phenoxy) is 1. The summed E-state index contributed by atoms with van der Waals surface area (Å²) in [5.41, 5.74) is 0.788. The monoisotopic (exact) mass is 346 g/mol. The zero-order valence-electron chi connectivity index (χ0n) is 12.9. The largest absolute Gasteiger partial charge is 0.493 e. The Labute approximate surface area is 143 Å². The number of carbonyl (C=O) groups is 1. The zero-order valence-corrected chi connectivity index (χ0v) is 13.6. The smallest absolute Gasteiger partial charge is 0.289 e. The third-order valence-corrected chi connectivity index (χ3v) is 3.36. The third-order valence-electron chi connectivity index (χ3n) is 3.04. The lowest BCUT2D eigenvalue weighted by Crippen LogP contribution is -2.08. The number of nitro benzene ring substituents is 1. The lowest BCUT2D eigenvalue weighted by molar-refractivity contribution is -0.384. The molecule has 0 unspecified atom stereocenters. The molecule has 0 heterocycles. The molecule has 6 nitrogen and oxygen atoms in total. The third kappa shape index (κ3) is 4.57. The molecule has 2 aromatic carbocycles. The van der Waals surface area contributed by atoms with E-state index in [9.17, 15) is 14.9 Å². The van der Waals surface area contributed by atoms with Gasteiger partial charge in [0.1, 0.15) is 10.8 Å². The van der Waals surface area contributed by atoms with Crippen LogP contribution < -0.4 is 10.1 Å². The van der Waals surface area contributed by atoms with E-state index in [1.807, 2.05) is 31.2 Å². The van der Waals surface area contributed by atoms with Crippen molar-refractivity contribution in [3.05, 3.63) is 69.2 Å². The summed E-state index contributed by atoms with van der Waals surface area (Å²) in [6.45, 7) is 2.39. The second kappa shape index (κ2) is 8.12. The average Bonchev–Trinajstić information content (AvgIpc) is 2.56. The molecule has 0 aliphatic heterocycles. The van der Waals surface area contributed by atoms with Gasteiger partial charge in [-0.3, -0.25) is 14.9 Å². The van der Waals surface area contributed by atoms with Crippen molar-refractivity contribution in [1.82, 2.24) is 0 Å². The molecule has 1 amide bonds. The molecule has 24 heavy (non-hydrogen) atoms. The van der Waals surface area contributed by atoms with Gasteiger partial charge in [-0.2, -0.15) is 0 Å². The van der Waals surface area contributed by atoms with Gasteiger partial charge >= 0.3 is 0 Å². The Kier molecular flexibility index (Phi) is 5.92. The van der Waals surface area contributed by atoms with Crippen LogP contribution in [0.15, 0.2) is 48.5 Å². The van der Waals surface area contributed by atoms with Crippen LogP contribution >= 0.6 is 11.6 Å². The van der Waals surface area contributed by atoms with Crippen LogP contribution in [-0.4, -0.2) is 17.4 Å². The number of nitro groups is 1. The Hall–Kier alpha value is -2.86. The molecule has 0 aliphatic carbocycles. The zero-order chi connectivity index (χ0) is 17.5. The van der Waals surface area contributed by atoms with Crippen molar-refractivity contribution in [1.29, 1.82) is 0 Å². The van der Waals surface area contributed by atoms with Crippen molar-refractivity contribution in [2.45, 2.75) is 6.92 Å². The summed E-state index contributed by atoms with van der Waals surface area (Å²) in [6.07, 6.45) is 2.95. The van der Waals surface area contributed by atoms with Gasteiger partial charge in [-0.25, -0.2) is 0 Å². The molecule has 0 fully saturated rings. The fourth-order valence-corrected chi connectivity index (χ4v) is 2.17. The molecule has 2 aromatic rings. The fourth-order valence-electron chi connectivity index (χ4n) is 1.98. The first-order valence-corrected chi connectivity index (χ1v) is 7.54. The van der Waals surface area contributed by atoms with E-state index in [1.54, 1.807) is 6.08 Å². The standard InChI is InChI=1S/C17H15ClN2O4/c1-2-24-16-6-4-3-5-12(16)7-10-17(21)19-13-8-9-14(18)15(11-13)20(22)23/h3-11H,2H2,1H3,(H,19,21). The molecule has 0 saturated heterocycles. The summed E-state index contributed by atoms with van der Waals surface area (Å²) in [5.74, 6) is 0.254. The molecule has 0 aromatic heterocycles. The second-order valence-electron chi connectivity index (χ2n) is 4.72. The molecular weight excluding hydrogens is 332 g/mol. The average molecular weight is 347 g/mol. The number of nitrogens with one attached hydrogen (secondary N) is 1. The van der Waals surface area contributed by atoms with Crippen molar-refractivity contribution in [3.63, 3.8) is 0 Å². The first-order valence-electron chi connectivity index (χ1n) is 7.16. The van der Waals surface area contributed by atoms with Crippen molar-refractivity contribution in [3.8, 4) is 5.75 Å². The predicted octanol–water partition coefficient (Wildman–Crippen LogP) is 4.30. The number of hydrogen-bond donors (Lipinski definition) is 1. The van der Waals surface area contributed by atoms with Crippen LogP contribution in [0, 0.1) is 10.1 Å². The number of carbonyl (C=O) groups excluding carboxylic acids is 1. The highest BCUT2D eigenvalue weighted by molar-refractivity contribution is 6.32. The maximum Gasteiger partial charge on any atom is 0.289 e. The van der Waals surface area contributed by atoms with Crippen LogP contribution in [0.1, 0.15) is 12.5 Å². The van der Waals surface area contributed by atoms with Crippen molar-refractivity contribution in [2.75, 3.05) is 11.9 Å². The summed E-state index contributed by atoms with van der Waals surface area (Å²) < 4.78 is 5.47. The lowest BCUT2D eigenvalue weighted by atomic mass is 10.2. The first-order chi connectivity index (χ1) is 11.5. The number of para-hydroxylation sites is 1. The molecule has 0 saturated carbocycles. The number of nitrogens with zero attached hydrogens (tertiary/aromatic N) is 1. The Morgan fingerprint density at radius 3 is 2.79 bits per heavy atom. The lowest BCUT2D eigenvalue weighted by Gasteiger charge is -2.06. The molecular formula is C17H15ClN2O4. The van der Waals surface area contributed by atoms with Gasteiger partial charge in [0.2, 0.25) is 5.91 Å². The summed E-state index contributed by atoms with van der Waals surface area (Å²) in [7, 11) is 0. The Balaban J connectivity index is 2.11. The maximum absolute atomic E-state index is 12.0. The van der Waals surface area contributed by atoms with Gasteiger partial charge in [0, 0.05) is 23.4 Å². The molecule has 0 atom stereocenters. The topological polar surface area (TPSA) is 81.5 Å². The van der Waals surface area contributed by atoms with E-state index in [0.717, 1.165) is 5.56 Å². The van der Waals surface area contributed by atoms with Crippen LogP contribution in [0.25, 0.3) is 6.08 Å². The predicted molar refractivity (Wildman–Crippen MR) is 93.4 cm³/mol. The highest BCUT2D eigenvalue weighted by Crippen LogP contribution is 2.27. The van der Waals surface area contributed by atoms with E-state index >= 15 is 0 Å². The van der Waals surface area contributed by atoms with Crippen molar-refractivity contribution < 1.29 is 14.5 Å². The van der Waals surface area contributed by atoms with Gasteiger partial charge in [-0.1, -0.05) is 29.8 Å². The second-order valence-corrected chi connectivity index (χ2v) is 5.12. The van der Waals surface area contributed by atoms with Gasteiger partial charge in [0.05, 0.1) is 11.5 Å². The maximum atomic E-state index is 12.0. The minimum absolute atomic E-state index is 0.0131. The van der Waals surface area contributed by atoms with Crippen LogP contribution in [0.5, 0.6) is 5.75 Å². The number of anilines is 1. The van der Waals surface area contributed by atoms with E-state index in [-0.39, 0.29) is 10.7 Å². The molecule has 0 aliphatic rings. The van der Waals surface area contributed by atoms with Crippen LogP contribution in [0.4, 0.5) is 11.4 Å². The van der Waals surface area contributed by atoms with Gasteiger partial charge in [-0.15, -0.1) is 0 Å². The summed E-state index contributed by atoms with van der Waals surface area (Å²) in [5, 5.41) is 13.4.